The van der Waals surface area contributed by atoms with Gasteiger partial charge in [-0.15, -0.1) is 0 Å². The minimum absolute atomic E-state index is 0.0746. The number of imide groups is 1. The first-order valence-electron chi connectivity index (χ1n) is 9.95. The average molecular weight is 425 g/mol. The summed E-state index contributed by atoms with van der Waals surface area (Å²) in [6.07, 6.45) is 4.82. The molecule has 0 spiro atoms. The Hall–Kier alpha value is -3.54. The highest BCUT2D eigenvalue weighted by molar-refractivity contribution is 6.08. The van der Waals surface area contributed by atoms with Gasteiger partial charge in [0.25, 0.3) is 0 Å². The van der Waals surface area contributed by atoms with Crippen molar-refractivity contribution in [2.45, 2.75) is 12.5 Å². The van der Waals surface area contributed by atoms with E-state index < -0.39 is 18.5 Å². The summed E-state index contributed by atoms with van der Waals surface area (Å²) in [6.45, 7) is -0.410. The largest absolute Gasteiger partial charge is 0.493 e. The summed E-state index contributed by atoms with van der Waals surface area (Å²) >= 11 is 0. The number of allylic oxidation sites excluding steroid dienone is 2. The van der Waals surface area contributed by atoms with Crippen LogP contribution in [0, 0.1) is 35.0 Å². The molecule has 9 heteroatoms. The normalized spacial score (nSPS) is 26.5. The summed E-state index contributed by atoms with van der Waals surface area (Å²) in [5.41, 5.74) is 0.420. The fourth-order valence-electron chi connectivity index (χ4n) is 4.93. The number of likely N-dealkylation sites (tertiary alicyclic amines) is 1. The van der Waals surface area contributed by atoms with E-state index in [1.54, 1.807) is 12.1 Å². The maximum atomic E-state index is 12.8. The fourth-order valence-corrected chi connectivity index (χ4v) is 4.93. The second-order valence-corrected chi connectivity index (χ2v) is 7.85. The zero-order valence-electron chi connectivity index (χ0n) is 17.5. The number of nitrogens with zero attached hydrogens (tertiary/aromatic N) is 2. The quantitative estimate of drug-likeness (QED) is 0.515. The fraction of sp³-hybridized carbons (Fsp3) is 0.455. The van der Waals surface area contributed by atoms with E-state index in [1.807, 2.05) is 18.2 Å². The third-order valence-electron chi connectivity index (χ3n) is 6.32. The second kappa shape index (κ2) is 7.95. The second-order valence-electron chi connectivity index (χ2n) is 7.85. The highest BCUT2D eigenvalue weighted by atomic mass is 16.5. The van der Waals surface area contributed by atoms with Crippen LogP contribution in [0.25, 0.3) is 0 Å². The zero-order valence-corrected chi connectivity index (χ0v) is 17.5. The molecule has 0 aromatic heterocycles. The van der Waals surface area contributed by atoms with E-state index in [-0.39, 0.29) is 35.5 Å². The van der Waals surface area contributed by atoms with Crippen molar-refractivity contribution in [3.63, 3.8) is 0 Å². The molecular weight excluding hydrogens is 402 g/mol. The Morgan fingerprint density at radius 3 is 2.10 bits per heavy atom. The number of nitrogens with one attached hydrogen (secondary N) is 1. The maximum Gasteiger partial charge on any atom is 0.241 e. The van der Waals surface area contributed by atoms with Gasteiger partial charge in [0.2, 0.25) is 23.5 Å². The van der Waals surface area contributed by atoms with Crippen LogP contribution in [0.2, 0.25) is 0 Å². The Bertz CT molecular complexity index is 958. The summed E-state index contributed by atoms with van der Waals surface area (Å²) in [5.74, 6) is -0.738. The molecule has 31 heavy (non-hydrogen) atoms. The van der Waals surface area contributed by atoms with Gasteiger partial charge in [-0.2, -0.15) is 5.26 Å². The molecule has 3 amide bonds. The number of nitriles is 1. The monoisotopic (exact) mass is 425 g/mol. The first-order valence-corrected chi connectivity index (χ1v) is 9.95. The van der Waals surface area contributed by atoms with E-state index >= 15 is 0 Å². The third-order valence-corrected chi connectivity index (χ3v) is 6.32. The Morgan fingerprint density at radius 2 is 1.65 bits per heavy atom. The summed E-state index contributed by atoms with van der Waals surface area (Å²) in [4.78, 5) is 39.2. The van der Waals surface area contributed by atoms with Crippen molar-refractivity contribution in [1.29, 1.82) is 5.26 Å². The van der Waals surface area contributed by atoms with Gasteiger partial charge in [-0.3, -0.25) is 19.3 Å². The van der Waals surface area contributed by atoms with Gasteiger partial charge in [-0.25, -0.2) is 0 Å². The molecule has 1 aromatic rings. The summed E-state index contributed by atoms with van der Waals surface area (Å²) in [5, 5.41) is 12.2. The van der Waals surface area contributed by atoms with E-state index in [2.05, 4.69) is 5.32 Å². The van der Waals surface area contributed by atoms with Crippen LogP contribution < -0.4 is 19.5 Å². The van der Waals surface area contributed by atoms with Crippen molar-refractivity contribution in [1.82, 2.24) is 10.2 Å². The van der Waals surface area contributed by atoms with Crippen molar-refractivity contribution < 1.29 is 28.6 Å². The van der Waals surface area contributed by atoms with Gasteiger partial charge >= 0.3 is 0 Å². The van der Waals surface area contributed by atoms with Crippen molar-refractivity contribution in [2.75, 3.05) is 27.9 Å². The number of ether oxygens (including phenoxy) is 3. The van der Waals surface area contributed by atoms with Crippen LogP contribution in [0.4, 0.5) is 0 Å². The molecule has 1 saturated heterocycles. The van der Waals surface area contributed by atoms with Crippen LogP contribution in [0.3, 0.4) is 0 Å². The molecule has 5 atom stereocenters. The zero-order chi connectivity index (χ0) is 22.3. The molecule has 9 nitrogen and oxygen atoms in total. The number of fused-ring (bicyclic) bond motifs is 5. The predicted molar refractivity (Wildman–Crippen MR) is 107 cm³/mol. The minimum atomic E-state index is -1.04. The van der Waals surface area contributed by atoms with Crippen LogP contribution in [-0.4, -0.2) is 50.5 Å². The molecule has 4 rings (SSSR count). The Balaban J connectivity index is 1.49. The molecule has 2 fully saturated rings. The Kier molecular flexibility index (Phi) is 5.31. The molecule has 2 bridgehead atoms. The number of carbonyl (C=O) groups is 3. The first-order chi connectivity index (χ1) is 14.9. The predicted octanol–water partition coefficient (Wildman–Crippen LogP) is 1.20. The van der Waals surface area contributed by atoms with E-state index in [9.17, 15) is 19.6 Å². The lowest BCUT2D eigenvalue weighted by atomic mass is 9.85. The SMILES string of the molecule is COc1cc(C(C#N)NC(=O)CN2C(=O)C3C4C=CC(C4)C3C2=O)cc(OC)c1OC. The number of hydrogen-bond donors (Lipinski definition) is 1. The van der Waals surface area contributed by atoms with E-state index in [1.165, 1.54) is 21.3 Å². The van der Waals surface area contributed by atoms with E-state index in [4.69, 9.17) is 14.2 Å². The lowest BCUT2D eigenvalue weighted by Crippen LogP contribution is -2.42. The van der Waals surface area contributed by atoms with E-state index in [0.717, 1.165) is 11.3 Å². The van der Waals surface area contributed by atoms with Gasteiger partial charge in [0.15, 0.2) is 11.5 Å². The highest BCUT2D eigenvalue weighted by Gasteiger charge is 2.59. The minimum Gasteiger partial charge on any atom is -0.493 e. The van der Waals surface area contributed by atoms with Crippen LogP contribution in [0.1, 0.15) is 18.0 Å². The number of amides is 3. The van der Waals surface area contributed by atoms with Gasteiger partial charge in [-0.1, -0.05) is 12.2 Å². The average Bonchev–Trinajstić information content (AvgIpc) is 3.46. The molecule has 162 valence electrons. The third kappa shape index (κ3) is 3.28. The van der Waals surface area contributed by atoms with E-state index in [0.29, 0.717) is 22.8 Å². The molecule has 5 unspecified atom stereocenters. The molecule has 0 radical (unpaired) electrons. The topological polar surface area (TPSA) is 118 Å². The maximum absolute atomic E-state index is 12.8. The molecule has 1 heterocycles. The van der Waals surface area contributed by atoms with Crippen LogP contribution >= 0.6 is 0 Å². The van der Waals surface area contributed by atoms with Gasteiger partial charge in [-0.05, 0) is 36.0 Å². The number of rotatable bonds is 7. The Labute approximate surface area is 179 Å². The lowest BCUT2D eigenvalue weighted by Gasteiger charge is -2.20. The van der Waals surface area contributed by atoms with Gasteiger partial charge in [0.1, 0.15) is 12.6 Å². The van der Waals surface area contributed by atoms with Gasteiger partial charge < -0.3 is 19.5 Å². The molecule has 2 aliphatic carbocycles. The number of benzene rings is 1. The molecule has 1 aliphatic heterocycles. The van der Waals surface area contributed by atoms with Crippen LogP contribution in [0.5, 0.6) is 17.2 Å². The van der Waals surface area contributed by atoms with Crippen LogP contribution in [-0.2, 0) is 14.4 Å². The number of hydrogen-bond acceptors (Lipinski definition) is 7. The summed E-state index contributed by atoms with van der Waals surface area (Å²) in [7, 11) is 4.36. The first kappa shape index (κ1) is 20.7. The molecule has 1 aromatic carbocycles. The molecule has 3 aliphatic rings. The summed E-state index contributed by atoms with van der Waals surface area (Å²) in [6, 6.07) is 4.11. The smallest absolute Gasteiger partial charge is 0.241 e. The van der Waals surface area contributed by atoms with Crippen molar-refractivity contribution in [2.24, 2.45) is 23.7 Å². The molecular formula is C22H23N3O6. The van der Waals surface area contributed by atoms with Gasteiger partial charge in [0, 0.05) is 0 Å². The standard InChI is InChI=1S/C22H23N3O6/c1-29-15-7-13(8-16(30-2)20(15)31-3)14(9-23)24-17(26)10-25-21(27)18-11-4-5-12(6-11)19(18)22(25)28/h4-5,7-8,11-12,14,18-19H,6,10H2,1-3H3,(H,24,26). The number of methoxy groups -OCH3 is 3. The summed E-state index contributed by atoms with van der Waals surface area (Å²) < 4.78 is 15.9. The Morgan fingerprint density at radius 1 is 1.10 bits per heavy atom. The van der Waals surface area contributed by atoms with Crippen molar-refractivity contribution >= 4 is 17.7 Å². The molecule has 1 saturated carbocycles. The lowest BCUT2D eigenvalue weighted by molar-refractivity contribution is -0.144. The highest BCUT2D eigenvalue weighted by Crippen LogP contribution is 2.52. The molecule has 1 N–H and O–H groups in total. The van der Waals surface area contributed by atoms with Crippen molar-refractivity contribution in [3.05, 3.63) is 29.8 Å². The van der Waals surface area contributed by atoms with Crippen molar-refractivity contribution in [3.8, 4) is 23.3 Å². The number of carbonyl (C=O) groups excluding carboxylic acids is 3. The van der Waals surface area contributed by atoms with Crippen LogP contribution in [0.15, 0.2) is 24.3 Å². The van der Waals surface area contributed by atoms with Gasteiger partial charge in [0.05, 0.1) is 39.2 Å².